The first-order chi connectivity index (χ1) is 25.5. The van der Waals surface area contributed by atoms with Gasteiger partial charge in [0.05, 0.1) is 9.79 Å². The third kappa shape index (κ3) is 5.77. The fourth-order valence-electron chi connectivity index (χ4n) is 7.58. The van der Waals surface area contributed by atoms with Crippen LogP contribution in [0.25, 0.3) is 55.6 Å². The molecule has 8 aromatic rings. The van der Waals surface area contributed by atoms with E-state index in [-0.39, 0.29) is 6.71 Å². The Balaban J connectivity index is 1.11. The van der Waals surface area contributed by atoms with Crippen molar-refractivity contribution in [3.63, 3.8) is 0 Å². The molecule has 0 aromatic heterocycles. The lowest BCUT2D eigenvalue weighted by molar-refractivity contribution is 0.597. The zero-order chi connectivity index (χ0) is 35.1. The largest absolute Gasteiger partial charge is 0.244 e. The van der Waals surface area contributed by atoms with Gasteiger partial charge in [0.2, 0.25) is 16.6 Å². The molecule has 0 atom stereocenters. The van der Waals surface area contributed by atoms with Crippen molar-refractivity contribution in [1.82, 2.24) is 0 Å². The maximum Gasteiger partial charge on any atom is 0.244 e. The summed E-state index contributed by atoms with van der Waals surface area (Å²) in [7, 11) is -3.72. The summed E-state index contributed by atoms with van der Waals surface area (Å²) in [4.78, 5) is 0.753. The molecule has 0 spiro atoms. The van der Waals surface area contributed by atoms with Gasteiger partial charge in [-0.1, -0.05) is 163 Å². The maximum absolute atomic E-state index is 14.1. The van der Waals surface area contributed by atoms with Crippen molar-refractivity contribution in [2.75, 3.05) is 0 Å². The van der Waals surface area contributed by atoms with Crippen molar-refractivity contribution in [2.45, 2.75) is 9.79 Å². The molecule has 0 aliphatic carbocycles. The average Bonchev–Trinajstić information content (AvgIpc) is 3.22. The number of benzene rings is 8. The SMILES string of the molecule is O=S1(=O)c2ccccc2B(c2ccccc2)c2ccc(-c3cccc(-c4cccc(-c5cc(-c6ccccc6)cc(-c6ccccc6)c5)c4)c3)cc21. The highest BCUT2D eigenvalue weighted by Gasteiger charge is 2.38. The molecule has 1 heterocycles. The van der Waals surface area contributed by atoms with Gasteiger partial charge in [-0.15, -0.1) is 0 Å². The second kappa shape index (κ2) is 13.2. The monoisotopic (exact) mass is 684 g/mol. The number of hydrogen-bond acceptors (Lipinski definition) is 2. The quantitative estimate of drug-likeness (QED) is 0.164. The molecule has 1 aliphatic heterocycles. The van der Waals surface area contributed by atoms with Gasteiger partial charge in [-0.2, -0.15) is 0 Å². The maximum atomic E-state index is 14.1. The van der Waals surface area contributed by atoms with Crippen molar-refractivity contribution < 1.29 is 8.42 Å². The lowest BCUT2D eigenvalue weighted by Gasteiger charge is -2.27. The molecule has 246 valence electrons. The Morgan fingerprint density at radius 3 is 1.23 bits per heavy atom. The predicted octanol–water partition coefficient (Wildman–Crippen LogP) is 9.68. The topological polar surface area (TPSA) is 34.1 Å². The van der Waals surface area contributed by atoms with Crippen LogP contribution in [0.3, 0.4) is 0 Å². The van der Waals surface area contributed by atoms with Gasteiger partial charge in [0.1, 0.15) is 0 Å². The zero-order valence-electron chi connectivity index (χ0n) is 28.4. The van der Waals surface area contributed by atoms with E-state index in [0.29, 0.717) is 9.79 Å². The summed E-state index contributed by atoms with van der Waals surface area (Å²) in [5.74, 6) is 0. The van der Waals surface area contributed by atoms with Crippen LogP contribution in [0.4, 0.5) is 0 Å². The van der Waals surface area contributed by atoms with E-state index in [9.17, 15) is 8.42 Å². The molecule has 52 heavy (non-hydrogen) atoms. The lowest BCUT2D eigenvalue weighted by Crippen LogP contribution is -2.57. The molecule has 0 bridgehead atoms. The van der Waals surface area contributed by atoms with Crippen LogP contribution < -0.4 is 16.4 Å². The Morgan fingerprint density at radius 1 is 0.288 bits per heavy atom. The molecule has 0 N–H and O–H groups in total. The molecule has 4 heteroatoms. The van der Waals surface area contributed by atoms with Crippen LogP contribution in [-0.4, -0.2) is 15.1 Å². The summed E-state index contributed by atoms with van der Waals surface area (Å²) in [6.07, 6.45) is 0. The number of rotatable bonds is 6. The minimum Gasteiger partial charge on any atom is -0.219 e. The molecule has 9 rings (SSSR count). The molecule has 1 aliphatic rings. The molecule has 2 nitrogen and oxygen atoms in total. The van der Waals surface area contributed by atoms with Gasteiger partial charge in [0.15, 0.2) is 0 Å². The predicted molar refractivity (Wildman–Crippen MR) is 217 cm³/mol. The van der Waals surface area contributed by atoms with Crippen LogP contribution in [0.15, 0.2) is 210 Å². The van der Waals surface area contributed by atoms with Crippen LogP contribution in [0, 0.1) is 0 Å². The fraction of sp³-hybridized carbons (Fsp3) is 0. The number of hydrogen-bond donors (Lipinski definition) is 0. The fourth-order valence-corrected chi connectivity index (χ4v) is 9.35. The summed E-state index contributed by atoms with van der Waals surface area (Å²) in [5.41, 5.74) is 13.7. The number of sulfone groups is 1. The van der Waals surface area contributed by atoms with Crippen LogP contribution in [0.5, 0.6) is 0 Å². The van der Waals surface area contributed by atoms with E-state index in [1.54, 1.807) is 6.07 Å². The molecule has 0 saturated heterocycles. The van der Waals surface area contributed by atoms with E-state index in [4.69, 9.17) is 0 Å². The zero-order valence-corrected chi connectivity index (χ0v) is 29.2. The van der Waals surface area contributed by atoms with E-state index in [2.05, 4.69) is 133 Å². The molecule has 0 amide bonds. The second-order valence-electron chi connectivity index (χ2n) is 13.3. The highest BCUT2D eigenvalue weighted by molar-refractivity contribution is 7.92. The highest BCUT2D eigenvalue weighted by Crippen LogP contribution is 2.36. The smallest absolute Gasteiger partial charge is 0.219 e. The first-order valence-electron chi connectivity index (χ1n) is 17.5. The Hall–Kier alpha value is -6.23. The number of fused-ring (bicyclic) bond motifs is 2. The van der Waals surface area contributed by atoms with Gasteiger partial charge in [-0.3, -0.25) is 0 Å². The molecule has 0 radical (unpaired) electrons. The third-order valence-electron chi connectivity index (χ3n) is 10.1. The minimum atomic E-state index is -3.72. The van der Waals surface area contributed by atoms with E-state index >= 15 is 0 Å². The van der Waals surface area contributed by atoms with Gasteiger partial charge < -0.3 is 0 Å². The van der Waals surface area contributed by atoms with Gasteiger partial charge in [0, 0.05) is 0 Å². The summed E-state index contributed by atoms with van der Waals surface area (Å²) in [6, 6.07) is 68.4. The third-order valence-corrected chi connectivity index (χ3v) is 12.0. The first kappa shape index (κ1) is 31.7. The van der Waals surface area contributed by atoms with Crippen LogP contribution in [-0.2, 0) is 9.84 Å². The second-order valence-corrected chi connectivity index (χ2v) is 15.2. The minimum absolute atomic E-state index is 0.165. The van der Waals surface area contributed by atoms with Gasteiger partial charge in [-0.25, -0.2) is 8.42 Å². The normalized spacial score (nSPS) is 12.9. The summed E-state index contributed by atoms with van der Waals surface area (Å²) >= 11 is 0. The summed E-state index contributed by atoms with van der Waals surface area (Å²) in [5, 5.41) is 0. The average molecular weight is 685 g/mol. The van der Waals surface area contributed by atoms with Crippen LogP contribution in [0.1, 0.15) is 0 Å². The van der Waals surface area contributed by atoms with E-state index < -0.39 is 9.84 Å². The van der Waals surface area contributed by atoms with E-state index in [0.717, 1.165) is 49.8 Å². The Morgan fingerprint density at radius 2 is 0.673 bits per heavy atom. The Bertz CT molecular complexity index is 2630. The standard InChI is InChI=1S/C48H33BO2S/c50-52(51)47-25-11-10-24-45(47)49(44-22-8-3-9-23-44)46-27-26-40(33-48(46)52)38-20-12-18-36(28-38)37-19-13-21-39(29-37)43-31-41(34-14-4-1-5-15-34)30-42(32-43)35-16-6-2-7-17-35/h1-33H. The van der Waals surface area contributed by atoms with Crippen molar-refractivity contribution in [3.05, 3.63) is 200 Å². The van der Waals surface area contributed by atoms with Gasteiger partial charge in [0.25, 0.3) is 0 Å². The Kier molecular flexibility index (Phi) is 8.03. The summed E-state index contributed by atoms with van der Waals surface area (Å²) < 4.78 is 28.3. The van der Waals surface area contributed by atoms with Gasteiger partial charge in [-0.05, 0) is 109 Å². The Labute approximate surface area is 305 Å². The van der Waals surface area contributed by atoms with E-state index in [1.807, 2.05) is 60.7 Å². The summed E-state index contributed by atoms with van der Waals surface area (Å²) in [6.45, 7) is -0.165. The molecular weight excluding hydrogens is 651 g/mol. The van der Waals surface area contributed by atoms with Crippen molar-refractivity contribution in [1.29, 1.82) is 0 Å². The van der Waals surface area contributed by atoms with Crippen molar-refractivity contribution >= 4 is 32.9 Å². The molecule has 0 fully saturated rings. The van der Waals surface area contributed by atoms with Gasteiger partial charge >= 0.3 is 0 Å². The molecular formula is C48H33BO2S. The molecule has 8 aromatic carbocycles. The molecule has 0 unspecified atom stereocenters. The lowest BCUT2D eigenvalue weighted by atomic mass is 9.36. The van der Waals surface area contributed by atoms with E-state index in [1.165, 1.54) is 22.3 Å². The molecule has 0 saturated carbocycles. The first-order valence-corrected chi connectivity index (χ1v) is 19.0. The van der Waals surface area contributed by atoms with Crippen molar-refractivity contribution in [3.8, 4) is 55.6 Å². The van der Waals surface area contributed by atoms with Crippen molar-refractivity contribution in [2.24, 2.45) is 0 Å². The van der Waals surface area contributed by atoms with Crippen LogP contribution in [0.2, 0.25) is 0 Å². The van der Waals surface area contributed by atoms with Crippen LogP contribution >= 0.6 is 0 Å². The highest BCUT2D eigenvalue weighted by atomic mass is 32.2.